The fourth-order valence-electron chi connectivity index (χ4n) is 4.44. The van der Waals surface area contributed by atoms with E-state index in [4.69, 9.17) is 18.5 Å². The number of morpholine rings is 1. The summed E-state index contributed by atoms with van der Waals surface area (Å²) in [5.41, 5.74) is 4.15. The molecule has 1 fully saturated rings. The molecule has 34 heavy (non-hydrogen) atoms. The van der Waals surface area contributed by atoms with Crippen LogP contribution in [0.25, 0.3) is 6.08 Å². The Balaban J connectivity index is 1.88. The molecule has 0 amide bonds. The molecule has 9 heteroatoms. The molecule has 1 saturated heterocycles. The van der Waals surface area contributed by atoms with E-state index in [1.165, 1.54) is 17.7 Å². The van der Waals surface area contributed by atoms with Crippen LogP contribution in [-0.4, -0.2) is 50.3 Å². The van der Waals surface area contributed by atoms with Gasteiger partial charge in [0.25, 0.3) is 5.69 Å². The highest BCUT2D eigenvalue weighted by molar-refractivity contribution is 7.61. The van der Waals surface area contributed by atoms with Gasteiger partial charge in [0.05, 0.1) is 23.8 Å². The van der Waals surface area contributed by atoms with Gasteiger partial charge in [0.15, 0.2) is 0 Å². The molecule has 8 nitrogen and oxygen atoms in total. The lowest BCUT2D eigenvalue weighted by molar-refractivity contribution is -0.384. The van der Waals surface area contributed by atoms with Crippen molar-refractivity contribution in [1.29, 1.82) is 0 Å². The summed E-state index contributed by atoms with van der Waals surface area (Å²) in [6, 6.07) is 16.5. The van der Waals surface area contributed by atoms with E-state index in [0.717, 1.165) is 48.9 Å². The number of rotatable bonds is 7. The first-order chi connectivity index (χ1) is 16.6. The van der Waals surface area contributed by atoms with Gasteiger partial charge >= 0.3 is 0 Å². The Morgan fingerprint density at radius 3 is 2.32 bits per heavy atom. The van der Waals surface area contributed by atoms with E-state index in [1.54, 1.807) is 26.4 Å². The maximum Gasteiger partial charge on any atom is 0.269 e. The van der Waals surface area contributed by atoms with Crippen LogP contribution in [0.15, 0.2) is 75.9 Å². The van der Waals surface area contributed by atoms with E-state index in [2.05, 4.69) is 23.1 Å². The molecule has 1 aliphatic carbocycles. The van der Waals surface area contributed by atoms with E-state index in [0.29, 0.717) is 18.9 Å². The van der Waals surface area contributed by atoms with Crippen molar-refractivity contribution in [1.82, 2.24) is 4.90 Å². The van der Waals surface area contributed by atoms with Gasteiger partial charge in [0, 0.05) is 50.5 Å². The fourth-order valence-corrected chi connectivity index (χ4v) is 6.74. The third-order valence-electron chi connectivity index (χ3n) is 6.05. The van der Waals surface area contributed by atoms with Crippen LogP contribution in [0.5, 0.6) is 0 Å². The second-order valence-corrected chi connectivity index (χ2v) is 10.6. The summed E-state index contributed by atoms with van der Waals surface area (Å²) >= 11 is 0. The summed E-state index contributed by atoms with van der Waals surface area (Å²) in [5.74, 6) is 0. The maximum atomic E-state index is 11.1. The Kier molecular flexibility index (Phi) is 7.95. The Morgan fingerprint density at radius 2 is 1.71 bits per heavy atom. The number of nitro groups is 1. The molecule has 4 rings (SSSR count). The van der Waals surface area contributed by atoms with Gasteiger partial charge in [-0.25, -0.2) is 4.74 Å². The summed E-state index contributed by atoms with van der Waals surface area (Å²) < 4.78 is 22.7. The van der Waals surface area contributed by atoms with Crippen molar-refractivity contribution in [2.45, 2.75) is 19.3 Å². The molecule has 2 aromatic carbocycles. The van der Waals surface area contributed by atoms with Gasteiger partial charge in [-0.1, -0.05) is 30.3 Å². The van der Waals surface area contributed by atoms with Gasteiger partial charge in [-0.05, 0) is 48.6 Å². The number of benzene rings is 2. The van der Waals surface area contributed by atoms with Crippen LogP contribution >= 0.6 is 7.51 Å². The number of non-ortho nitro benzene ring substituents is 1. The van der Waals surface area contributed by atoms with Crippen molar-refractivity contribution < 1.29 is 18.7 Å². The van der Waals surface area contributed by atoms with Crippen molar-refractivity contribution in [3.63, 3.8) is 0 Å². The third-order valence-corrected chi connectivity index (χ3v) is 8.65. The molecule has 0 N–H and O–H groups in total. The normalized spacial score (nSPS) is 18.3. The predicted octanol–water partition coefficient (Wildman–Crippen LogP) is 6.36. The van der Waals surface area contributed by atoms with Gasteiger partial charge < -0.3 is 18.7 Å². The largest absolute Gasteiger partial charge is 0.378 e. The second kappa shape index (κ2) is 11.1. The number of hydrogen-bond acceptors (Lipinski definition) is 7. The minimum absolute atomic E-state index is 0.0247. The minimum atomic E-state index is -2.85. The fraction of sp³-hybridized carbons (Fsp3) is 0.360. The van der Waals surface area contributed by atoms with Crippen LogP contribution in [0.3, 0.4) is 0 Å². The molecule has 0 spiro atoms. The van der Waals surface area contributed by atoms with E-state index in [1.807, 2.05) is 18.2 Å². The zero-order chi connectivity index (χ0) is 24.0. The lowest BCUT2D eigenvalue weighted by Gasteiger charge is -2.38. The molecule has 0 radical (unpaired) electrons. The van der Waals surface area contributed by atoms with E-state index >= 15 is 0 Å². The lowest BCUT2D eigenvalue weighted by Crippen LogP contribution is -2.37. The van der Waals surface area contributed by atoms with Crippen LogP contribution in [0.2, 0.25) is 0 Å². The van der Waals surface area contributed by atoms with Crippen molar-refractivity contribution in [2.75, 3.05) is 40.5 Å². The Labute approximate surface area is 200 Å². The van der Waals surface area contributed by atoms with Gasteiger partial charge in [-0.15, -0.1) is 0 Å². The number of allylic oxidation sites excluding steroid dienone is 2. The maximum absolute atomic E-state index is 11.1. The zero-order valence-electron chi connectivity index (χ0n) is 19.6. The predicted molar refractivity (Wildman–Crippen MR) is 134 cm³/mol. The van der Waals surface area contributed by atoms with Crippen LogP contribution in [0.1, 0.15) is 24.8 Å². The molecule has 0 saturated carbocycles. The first kappa shape index (κ1) is 24.4. The summed E-state index contributed by atoms with van der Waals surface area (Å²) in [7, 11) is 0.413. The Morgan fingerprint density at radius 1 is 1.03 bits per heavy atom. The molecule has 2 aromatic rings. The smallest absolute Gasteiger partial charge is 0.269 e. The van der Waals surface area contributed by atoms with Gasteiger partial charge in [0.1, 0.15) is 0 Å². The third kappa shape index (κ3) is 5.31. The summed E-state index contributed by atoms with van der Waals surface area (Å²) in [4.78, 5) is 13.0. The number of nitro benzene ring substituents is 1. The van der Waals surface area contributed by atoms with Gasteiger partial charge in [0.2, 0.25) is 7.51 Å². The van der Waals surface area contributed by atoms with Gasteiger partial charge in [-0.2, -0.15) is 0 Å². The van der Waals surface area contributed by atoms with Gasteiger partial charge in [-0.3, -0.25) is 10.1 Å². The number of ether oxygens (including phenoxy) is 1. The van der Waals surface area contributed by atoms with Crippen molar-refractivity contribution in [3.05, 3.63) is 86.9 Å². The quantitative estimate of drug-likeness (QED) is 0.259. The first-order valence-electron chi connectivity index (χ1n) is 11.4. The van der Waals surface area contributed by atoms with Crippen molar-refractivity contribution in [3.8, 4) is 0 Å². The Hall–Kier alpha value is -2.77. The summed E-state index contributed by atoms with van der Waals surface area (Å²) in [5, 5.41) is 12.1. The average Bonchev–Trinajstić information content (AvgIpc) is 2.89. The van der Waals surface area contributed by atoms with Crippen LogP contribution in [0.4, 0.5) is 11.4 Å². The number of hydrogen-bond donors (Lipinski definition) is 0. The SMILES string of the molecule is COP(=Nc1ccc([N+](=O)[O-])cc1)(OC)C1=C(N2CCOCC2)/C(=C/c2ccccc2)CCC1. The van der Waals surface area contributed by atoms with Crippen LogP contribution in [0, 0.1) is 10.1 Å². The molecule has 180 valence electrons. The molecule has 1 heterocycles. The minimum Gasteiger partial charge on any atom is -0.378 e. The topological polar surface area (TPSA) is 86.4 Å². The molecule has 0 atom stereocenters. The molecular formula is C25H30N3O5P. The Bertz CT molecular complexity index is 1110. The molecule has 0 aromatic heterocycles. The highest BCUT2D eigenvalue weighted by atomic mass is 31.2. The van der Waals surface area contributed by atoms with Crippen molar-refractivity contribution >= 4 is 25.0 Å². The number of nitrogens with zero attached hydrogens (tertiary/aromatic N) is 3. The molecule has 2 aliphatic rings. The zero-order valence-corrected chi connectivity index (χ0v) is 20.4. The van der Waals surface area contributed by atoms with Crippen LogP contribution < -0.4 is 0 Å². The lowest BCUT2D eigenvalue weighted by atomic mass is 9.95. The highest BCUT2D eigenvalue weighted by Crippen LogP contribution is 2.64. The molecular weight excluding hydrogens is 453 g/mol. The summed E-state index contributed by atoms with van der Waals surface area (Å²) in [6.45, 7) is 2.91. The highest BCUT2D eigenvalue weighted by Gasteiger charge is 2.35. The molecule has 0 unspecified atom stereocenters. The monoisotopic (exact) mass is 483 g/mol. The van der Waals surface area contributed by atoms with Crippen molar-refractivity contribution in [2.24, 2.45) is 4.74 Å². The van der Waals surface area contributed by atoms with E-state index < -0.39 is 12.4 Å². The van der Waals surface area contributed by atoms with E-state index in [-0.39, 0.29) is 5.69 Å². The standard InChI is InChI=1S/C25H30N3O5P/c1-31-34(32-2,26-22-11-13-23(14-12-22)28(29)30)24-10-6-9-21(19-20-7-4-3-5-8-20)25(24)27-15-17-33-18-16-27/h3-5,7-8,11-14,19H,6,9-10,15-18H2,1-2H3/b21-19+. The second-order valence-electron chi connectivity index (χ2n) is 8.09. The average molecular weight is 484 g/mol. The molecule has 0 bridgehead atoms. The first-order valence-corrected chi connectivity index (χ1v) is 12.9. The summed E-state index contributed by atoms with van der Waals surface area (Å²) in [6.07, 6.45) is 4.97. The molecule has 1 aliphatic heterocycles. The van der Waals surface area contributed by atoms with E-state index in [9.17, 15) is 10.1 Å². The van der Waals surface area contributed by atoms with Crippen LogP contribution in [-0.2, 0) is 13.8 Å².